The van der Waals surface area contributed by atoms with E-state index in [2.05, 4.69) is 17.1 Å². The Morgan fingerprint density at radius 1 is 1.37 bits per heavy atom. The fourth-order valence-corrected chi connectivity index (χ4v) is 3.87. The third-order valence-electron chi connectivity index (χ3n) is 5.38. The Hall–Kier alpha value is -0.610. The van der Waals surface area contributed by atoms with Crippen molar-refractivity contribution in [3.05, 3.63) is 0 Å². The molecule has 19 heavy (non-hydrogen) atoms. The lowest BCUT2D eigenvalue weighted by atomic mass is 9.83. The highest BCUT2D eigenvalue weighted by atomic mass is 16.1. The zero-order chi connectivity index (χ0) is 13.9. The summed E-state index contributed by atoms with van der Waals surface area (Å²) in [5.41, 5.74) is 5.20. The number of likely N-dealkylation sites (tertiary alicyclic amines) is 1. The van der Waals surface area contributed by atoms with Crippen LogP contribution in [0.4, 0.5) is 0 Å². The van der Waals surface area contributed by atoms with E-state index in [9.17, 15) is 4.79 Å². The summed E-state index contributed by atoms with van der Waals surface area (Å²) in [6.45, 7) is 5.90. The molecule has 1 saturated carbocycles. The highest BCUT2D eigenvalue weighted by Crippen LogP contribution is 2.37. The number of primary amides is 1. The quantitative estimate of drug-likeness (QED) is 0.790. The third kappa shape index (κ3) is 3.11. The molecule has 0 spiro atoms. The monoisotopic (exact) mass is 267 g/mol. The SMILES string of the molecule is CNC1(C(N)=O)CCCC1CCN1CCC(C)CC1. The van der Waals surface area contributed by atoms with Gasteiger partial charge >= 0.3 is 0 Å². The van der Waals surface area contributed by atoms with E-state index in [1.165, 1.54) is 25.9 Å². The fourth-order valence-electron chi connectivity index (χ4n) is 3.87. The molecule has 4 heteroatoms. The standard InChI is InChI=1S/C15H29N3O/c1-12-5-9-18(10-6-12)11-7-13-4-3-8-15(13,17-2)14(16)19/h12-13,17H,3-11H2,1-2H3,(H2,16,19). The van der Waals surface area contributed by atoms with Gasteiger partial charge in [0, 0.05) is 0 Å². The van der Waals surface area contributed by atoms with Crippen molar-refractivity contribution < 1.29 is 4.79 Å². The summed E-state index contributed by atoms with van der Waals surface area (Å²) in [7, 11) is 1.88. The lowest BCUT2D eigenvalue weighted by molar-refractivity contribution is -0.125. The Balaban J connectivity index is 1.86. The van der Waals surface area contributed by atoms with Crippen molar-refractivity contribution in [3.8, 4) is 0 Å². The summed E-state index contributed by atoms with van der Waals surface area (Å²) < 4.78 is 0. The summed E-state index contributed by atoms with van der Waals surface area (Å²) in [5, 5.41) is 3.23. The average molecular weight is 267 g/mol. The minimum absolute atomic E-state index is 0.162. The lowest BCUT2D eigenvalue weighted by Gasteiger charge is -2.35. The lowest BCUT2D eigenvalue weighted by Crippen LogP contribution is -2.57. The molecule has 1 saturated heterocycles. The van der Waals surface area contributed by atoms with Crippen molar-refractivity contribution >= 4 is 5.91 Å². The van der Waals surface area contributed by atoms with Crippen LogP contribution in [0.15, 0.2) is 0 Å². The Morgan fingerprint density at radius 2 is 2.05 bits per heavy atom. The summed E-state index contributed by atoms with van der Waals surface area (Å²) in [5.74, 6) is 1.13. The molecule has 1 aliphatic heterocycles. The van der Waals surface area contributed by atoms with Crippen molar-refractivity contribution in [2.24, 2.45) is 17.6 Å². The second-order valence-electron chi connectivity index (χ2n) is 6.49. The van der Waals surface area contributed by atoms with Crippen LogP contribution in [0.2, 0.25) is 0 Å². The van der Waals surface area contributed by atoms with E-state index in [0.717, 1.165) is 38.1 Å². The molecule has 110 valence electrons. The topological polar surface area (TPSA) is 58.4 Å². The number of carbonyl (C=O) groups excluding carboxylic acids is 1. The number of hydrogen-bond acceptors (Lipinski definition) is 3. The second kappa shape index (κ2) is 6.23. The molecule has 2 rings (SSSR count). The minimum Gasteiger partial charge on any atom is -0.368 e. The fraction of sp³-hybridized carbons (Fsp3) is 0.933. The molecule has 4 nitrogen and oxygen atoms in total. The molecule has 1 aliphatic carbocycles. The van der Waals surface area contributed by atoms with Crippen LogP contribution >= 0.6 is 0 Å². The van der Waals surface area contributed by atoms with Crippen LogP contribution in [0.1, 0.15) is 45.4 Å². The predicted octanol–water partition coefficient (Wildman–Crippen LogP) is 1.35. The molecule has 2 atom stereocenters. The predicted molar refractivity (Wildman–Crippen MR) is 77.8 cm³/mol. The van der Waals surface area contributed by atoms with Crippen LogP contribution in [0.25, 0.3) is 0 Å². The molecule has 1 amide bonds. The Bertz CT molecular complexity index is 313. The normalized spacial score (nSPS) is 33.7. The van der Waals surface area contributed by atoms with Crippen LogP contribution in [-0.2, 0) is 4.79 Å². The van der Waals surface area contributed by atoms with Crippen molar-refractivity contribution in [1.29, 1.82) is 0 Å². The van der Waals surface area contributed by atoms with Gasteiger partial charge in [0.1, 0.15) is 5.54 Å². The Kier molecular flexibility index (Phi) is 4.85. The minimum atomic E-state index is -0.441. The van der Waals surface area contributed by atoms with Crippen molar-refractivity contribution in [2.75, 3.05) is 26.7 Å². The van der Waals surface area contributed by atoms with Gasteiger partial charge in [0.15, 0.2) is 0 Å². The first-order valence-electron chi connectivity index (χ1n) is 7.79. The summed E-state index contributed by atoms with van der Waals surface area (Å²) in [4.78, 5) is 14.4. The zero-order valence-corrected chi connectivity index (χ0v) is 12.5. The Labute approximate surface area is 117 Å². The van der Waals surface area contributed by atoms with Gasteiger partial charge in [-0.05, 0) is 70.6 Å². The van der Waals surface area contributed by atoms with Crippen molar-refractivity contribution in [1.82, 2.24) is 10.2 Å². The second-order valence-corrected chi connectivity index (χ2v) is 6.49. The summed E-state index contributed by atoms with van der Waals surface area (Å²) in [6, 6.07) is 0. The summed E-state index contributed by atoms with van der Waals surface area (Å²) >= 11 is 0. The molecule has 0 aromatic heterocycles. The molecule has 0 radical (unpaired) electrons. The third-order valence-corrected chi connectivity index (χ3v) is 5.38. The number of nitrogens with two attached hydrogens (primary N) is 1. The van der Waals surface area contributed by atoms with Crippen LogP contribution < -0.4 is 11.1 Å². The molecule has 2 fully saturated rings. The molecule has 0 bridgehead atoms. The molecule has 2 unspecified atom stereocenters. The van der Waals surface area contributed by atoms with E-state index < -0.39 is 5.54 Å². The van der Waals surface area contributed by atoms with Crippen molar-refractivity contribution in [2.45, 2.75) is 51.0 Å². The number of piperidine rings is 1. The average Bonchev–Trinajstić information content (AvgIpc) is 2.82. The first-order chi connectivity index (χ1) is 9.08. The molecule has 1 heterocycles. The van der Waals surface area contributed by atoms with E-state index >= 15 is 0 Å². The zero-order valence-electron chi connectivity index (χ0n) is 12.5. The number of nitrogens with zero attached hydrogens (tertiary/aromatic N) is 1. The van der Waals surface area contributed by atoms with Crippen LogP contribution in [0, 0.1) is 11.8 Å². The largest absolute Gasteiger partial charge is 0.368 e. The van der Waals surface area contributed by atoms with Gasteiger partial charge in [-0.1, -0.05) is 13.3 Å². The molecular weight excluding hydrogens is 238 g/mol. The maximum Gasteiger partial charge on any atom is 0.238 e. The molecular formula is C15H29N3O. The van der Waals surface area contributed by atoms with Gasteiger partial charge in [0.2, 0.25) is 5.91 Å². The van der Waals surface area contributed by atoms with Gasteiger partial charge in [-0.2, -0.15) is 0 Å². The van der Waals surface area contributed by atoms with E-state index in [4.69, 9.17) is 5.73 Å². The van der Waals surface area contributed by atoms with Crippen LogP contribution in [0.5, 0.6) is 0 Å². The van der Waals surface area contributed by atoms with E-state index in [-0.39, 0.29) is 5.91 Å². The van der Waals surface area contributed by atoms with E-state index in [0.29, 0.717) is 5.92 Å². The van der Waals surface area contributed by atoms with Gasteiger partial charge in [-0.25, -0.2) is 0 Å². The van der Waals surface area contributed by atoms with Crippen LogP contribution in [0.3, 0.4) is 0 Å². The molecule has 0 aromatic rings. The van der Waals surface area contributed by atoms with Crippen molar-refractivity contribution in [3.63, 3.8) is 0 Å². The number of carbonyl (C=O) groups is 1. The number of likely N-dealkylation sites (N-methyl/N-ethyl adjacent to an activating group) is 1. The maximum atomic E-state index is 11.8. The smallest absolute Gasteiger partial charge is 0.238 e. The number of nitrogens with one attached hydrogen (secondary N) is 1. The first kappa shape index (κ1) is 14.8. The van der Waals surface area contributed by atoms with Gasteiger partial charge in [0.05, 0.1) is 0 Å². The number of amides is 1. The number of rotatable bonds is 5. The first-order valence-corrected chi connectivity index (χ1v) is 7.79. The highest BCUT2D eigenvalue weighted by Gasteiger charge is 2.46. The van der Waals surface area contributed by atoms with E-state index in [1.807, 2.05) is 7.05 Å². The maximum absolute atomic E-state index is 11.8. The molecule has 2 aliphatic rings. The Morgan fingerprint density at radius 3 is 2.63 bits per heavy atom. The highest BCUT2D eigenvalue weighted by molar-refractivity contribution is 5.85. The van der Waals surface area contributed by atoms with Gasteiger partial charge < -0.3 is 16.0 Å². The van der Waals surface area contributed by atoms with Crippen LogP contribution in [-0.4, -0.2) is 43.0 Å². The van der Waals surface area contributed by atoms with Gasteiger partial charge in [-0.15, -0.1) is 0 Å². The molecule has 0 aromatic carbocycles. The molecule has 3 N–H and O–H groups in total. The van der Waals surface area contributed by atoms with E-state index in [1.54, 1.807) is 0 Å². The van der Waals surface area contributed by atoms with Gasteiger partial charge in [-0.3, -0.25) is 4.79 Å². The van der Waals surface area contributed by atoms with Gasteiger partial charge in [0.25, 0.3) is 0 Å². The number of hydrogen-bond donors (Lipinski definition) is 2. The summed E-state index contributed by atoms with van der Waals surface area (Å²) in [6.07, 6.45) is 6.88.